The quantitative estimate of drug-likeness (QED) is 0.498. The SMILES string of the molecule is O=C(NC[C@@H](O)CO)c1ccc(Nc2ncc(-c3ccc(F)cc3)o2)cn1. The third kappa shape index (κ3) is 4.87. The molecule has 0 aliphatic rings. The highest BCUT2D eigenvalue weighted by molar-refractivity contribution is 5.92. The van der Waals surface area contributed by atoms with Crippen molar-refractivity contribution in [2.75, 3.05) is 18.5 Å². The van der Waals surface area contributed by atoms with E-state index in [1.165, 1.54) is 30.6 Å². The molecule has 0 aliphatic carbocycles. The minimum atomic E-state index is -1.02. The lowest BCUT2D eigenvalue weighted by molar-refractivity contribution is 0.0799. The van der Waals surface area contributed by atoms with Crippen LogP contribution in [0.2, 0.25) is 0 Å². The van der Waals surface area contributed by atoms with Gasteiger partial charge in [-0.25, -0.2) is 14.4 Å². The maximum atomic E-state index is 13.0. The van der Waals surface area contributed by atoms with Gasteiger partial charge in [0.15, 0.2) is 5.76 Å². The molecule has 1 amide bonds. The molecule has 0 fully saturated rings. The monoisotopic (exact) mass is 372 g/mol. The average Bonchev–Trinajstić information content (AvgIpc) is 3.15. The summed E-state index contributed by atoms with van der Waals surface area (Å²) < 4.78 is 18.5. The molecule has 3 rings (SSSR count). The number of amides is 1. The van der Waals surface area contributed by atoms with Gasteiger partial charge in [-0.1, -0.05) is 0 Å². The molecule has 9 heteroatoms. The molecule has 0 saturated heterocycles. The number of anilines is 2. The number of pyridine rings is 1. The molecule has 0 unspecified atom stereocenters. The summed E-state index contributed by atoms with van der Waals surface area (Å²) >= 11 is 0. The predicted octanol–water partition coefficient (Wildman–Crippen LogP) is 1.70. The number of rotatable bonds is 7. The van der Waals surface area contributed by atoms with Crippen molar-refractivity contribution < 1.29 is 23.8 Å². The molecule has 1 atom stereocenters. The Hall–Kier alpha value is -3.30. The molecule has 0 radical (unpaired) electrons. The average molecular weight is 372 g/mol. The maximum Gasteiger partial charge on any atom is 0.299 e. The van der Waals surface area contributed by atoms with E-state index in [0.29, 0.717) is 17.0 Å². The van der Waals surface area contributed by atoms with Crippen molar-refractivity contribution in [3.63, 3.8) is 0 Å². The number of aliphatic hydroxyl groups excluding tert-OH is 2. The first-order chi connectivity index (χ1) is 13.0. The van der Waals surface area contributed by atoms with Gasteiger partial charge in [0.1, 0.15) is 11.5 Å². The van der Waals surface area contributed by atoms with Crippen LogP contribution >= 0.6 is 0 Å². The number of nitrogens with zero attached hydrogens (tertiary/aromatic N) is 2. The van der Waals surface area contributed by atoms with Crippen LogP contribution in [0.15, 0.2) is 53.2 Å². The Balaban J connectivity index is 1.61. The van der Waals surface area contributed by atoms with Gasteiger partial charge in [-0.15, -0.1) is 0 Å². The third-order valence-corrected chi connectivity index (χ3v) is 3.59. The molecule has 0 aliphatic heterocycles. The molecule has 1 aromatic carbocycles. The highest BCUT2D eigenvalue weighted by Crippen LogP contribution is 2.24. The van der Waals surface area contributed by atoms with Crippen molar-refractivity contribution in [2.45, 2.75) is 6.10 Å². The van der Waals surface area contributed by atoms with E-state index >= 15 is 0 Å². The smallest absolute Gasteiger partial charge is 0.299 e. The second-order valence-electron chi connectivity index (χ2n) is 5.64. The minimum Gasteiger partial charge on any atom is -0.423 e. The molecule has 2 aromatic heterocycles. The van der Waals surface area contributed by atoms with Crippen LogP contribution in [-0.2, 0) is 0 Å². The number of nitrogens with one attached hydrogen (secondary N) is 2. The summed E-state index contributed by atoms with van der Waals surface area (Å²) in [6, 6.07) is 9.17. The molecule has 0 saturated carbocycles. The van der Waals surface area contributed by atoms with Gasteiger partial charge in [-0.05, 0) is 36.4 Å². The number of carbonyl (C=O) groups is 1. The Morgan fingerprint density at radius 3 is 2.59 bits per heavy atom. The van der Waals surface area contributed by atoms with E-state index in [2.05, 4.69) is 20.6 Å². The number of benzene rings is 1. The summed E-state index contributed by atoms with van der Waals surface area (Å²) in [5.74, 6) is -0.328. The molecular weight excluding hydrogens is 355 g/mol. The molecule has 27 heavy (non-hydrogen) atoms. The molecule has 4 N–H and O–H groups in total. The zero-order chi connectivity index (χ0) is 19.2. The number of aliphatic hydroxyl groups is 2. The number of aromatic nitrogens is 2. The Labute approximate surface area is 153 Å². The summed E-state index contributed by atoms with van der Waals surface area (Å²) in [4.78, 5) is 20.0. The second kappa shape index (κ2) is 8.39. The van der Waals surface area contributed by atoms with Crippen molar-refractivity contribution >= 4 is 17.6 Å². The van der Waals surface area contributed by atoms with Gasteiger partial charge in [0, 0.05) is 12.1 Å². The molecule has 0 spiro atoms. The lowest BCUT2D eigenvalue weighted by Gasteiger charge is -2.08. The van der Waals surface area contributed by atoms with Gasteiger partial charge in [-0.2, -0.15) is 0 Å². The van der Waals surface area contributed by atoms with Crippen LogP contribution in [0, 0.1) is 5.82 Å². The van der Waals surface area contributed by atoms with Gasteiger partial charge < -0.3 is 25.3 Å². The summed E-state index contributed by atoms with van der Waals surface area (Å²) in [6.07, 6.45) is 1.92. The van der Waals surface area contributed by atoms with E-state index in [-0.39, 0.29) is 24.1 Å². The first-order valence-electron chi connectivity index (χ1n) is 8.07. The first-order valence-corrected chi connectivity index (χ1v) is 8.07. The van der Waals surface area contributed by atoms with Gasteiger partial charge in [-0.3, -0.25) is 4.79 Å². The minimum absolute atomic E-state index is 0.0699. The second-order valence-corrected chi connectivity index (χ2v) is 5.64. The van der Waals surface area contributed by atoms with Crippen LogP contribution in [0.5, 0.6) is 0 Å². The summed E-state index contributed by atoms with van der Waals surface area (Å²) in [6.45, 7) is -0.508. The predicted molar refractivity (Wildman–Crippen MR) is 94.8 cm³/mol. The van der Waals surface area contributed by atoms with Crippen LogP contribution in [0.4, 0.5) is 16.1 Å². The van der Waals surface area contributed by atoms with Gasteiger partial charge in [0.2, 0.25) is 0 Å². The molecule has 8 nitrogen and oxygen atoms in total. The Morgan fingerprint density at radius 1 is 1.15 bits per heavy atom. The summed E-state index contributed by atoms with van der Waals surface area (Å²) in [7, 11) is 0. The first kappa shape index (κ1) is 18.5. The standard InChI is InChI=1S/C18H17FN4O4/c19-12-3-1-11(2-4-12)16-9-22-18(27-16)23-13-5-6-15(20-7-13)17(26)21-8-14(25)10-24/h1-7,9,14,24-25H,8,10H2,(H,21,26)(H,22,23)/t14-/m1/s1. The van der Waals surface area contributed by atoms with E-state index in [9.17, 15) is 14.3 Å². The van der Waals surface area contributed by atoms with Crippen LogP contribution in [-0.4, -0.2) is 45.3 Å². The Bertz CT molecular complexity index is 896. The number of oxazole rings is 1. The van der Waals surface area contributed by atoms with Crippen LogP contribution < -0.4 is 10.6 Å². The summed E-state index contributed by atoms with van der Waals surface area (Å²) in [5, 5.41) is 23.3. The van der Waals surface area contributed by atoms with Gasteiger partial charge in [0.05, 0.1) is 30.8 Å². The molecule has 3 aromatic rings. The fraction of sp³-hybridized carbons (Fsp3) is 0.167. The zero-order valence-electron chi connectivity index (χ0n) is 14.1. The van der Waals surface area contributed by atoms with E-state index in [4.69, 9.17) is 9.52 Å². The highest BCUT2D eigenvalue weighted by atomic mass is 19.1. The van der Waals surface area contributed by atoms with Crippen LogP contribution in [0.3, 0.4) is 0 Å². The maximum absolute atomic E-state index is 13.0. The van der Waals surface area contributed by atoms with Gasteiger partial charge >= 0.3 is 0 Å². The van der Waals surface area contributed by atoms with E-state index < -0.39 is 18.6 Å². The largest absolute Gasteiger partial charge is 0.423 e. The molecule has 2 heterocycles. The van der Waals surface area contributed by atoms with E-state index in [1.54, 1.807) is 18.2 Å². The third-order valence-electron chi connectivity index (χ3n) is 3.59. The molecule has 140 valence electrons. The van der Waals surface area contributed by atoms with E-state index in [1.807, 2.05) is 0 Å². The van der Waals surface area contributed by atoms with Crippen molar-refractivity contribution in [1.29, 1.82) is 0 Å². The number of halogens is 1. The zero-order valence-corrected chi connectivity index (χ0v) is 14.1. The fourth-order valence-electron chi connectivity index (χ4n) is 2.17. The van der Waals surface area contributed by atoms with Crippen LogP contribution in [0.1, 0.15) is 10.5 Å². The van der Waals surface area contributed by atoms with Gasteiger partial charge in [0.25, 0.3) is 11.9 Å². The fourth-order valence-corrected chi connectivity index (χ4v) is 2.17. The Kier molecular flexibility index (Phi) is 5.74. The summed E-state index contributed by atoms with van der Waals surface area (Å²) in [5.41, 5.74) is 1.40. The topological polar surface area (TPSA) is 121 Å². The normalized spacial score (nSPS) is 11.8. The van der Waals surface area contributed by atoms with E-state index in [0.717, 1.165) is 0 Å². The van der Waals surface area contributed by atoms with Crippen molar-refractivity contribution in [2.24, 2.45) is 0 Å². The van der Waals surface area contributed by atoms with Crippen molar-refractivity contribution in [1.82, 2.24) is 15.3 Å². The lowest BCUT2D eigenvalue weighted by atomic mass is 10.2. The van der Waals surface area contributed by atoms with Crippen LogP contribution in [0.25, 0.3) is 11.3 Å². The van der Waals surface area contributed by atoms with Crippen molar-refractivity contribution in [3.05, 3.63) is 60.3 Å². The molecule has 0 bridgehead atoms. The Morgan fingerprint density at radius 2 is 1.93 bits per heavy atom. The highest BCUT2D eigenvalue weighted by Gasteiger charge is 2.11. The lowest BCUT2D eigenvalue weighted by Crippen LogP contribution is -2.34. The number of carbonyl (C=O) groups excluding carboxylic acids is 1. The molecular formula is C18H17FN4O4. The van der Waals surface area contributed by atoms with Crippen molar-refractivity contribution in [3.8, 4) is 11.3 Å². The number of hydrogen-bond acceptors (Lipinski definition) is 7. The number of hydrogen-bond donors (Lipinski definition) is 4.